The van der Waals surface area contributed by atoms with Crippen LogP contribution in [0.25, 0.3) is 0 Å². The topological polar surface area (TPSA) is 58.0 Å². The van der Waals surface area contributed by atoms with Gasteiger partial charge in [-0.3, -0.25) is 5.41 Å². The maximum Gasteiger partial charge on any atom is 0.135 e. The van der Waals surface area contributed by atoms with Crippen LogP contribution in [0, 0.1) is 5.41 Å². The summed E-state index contributed by atoms with van der Waals surface area (Å²) in [4.78, 5) is 4.33. The van der Waals surface area contributed by atoms with Gasteiger partial charge in [0.15, 0.2) is 0 Å². The molecule has 0 fully saturated rings. The number of ether oxygens (including phenoxy) is 1. The summed E-state index contributed by atoms with van der Waals surface area (Å²) in [6.07, 6.45) is 2.76. The van der Waals surface area contributed by atoms with Crippen molar-refractivity contribution >= 4 is 11.5 Å². The quantitative estimate of drug-likeness (QED) is 0.761. The van der Waals surface area contributed by atoms with Crippen LogP contribution in [0.3, 0.4) is 0 Å². The van der Waals surface area contributed by atoms with Gasteiger partial charge in [0.05, 0.1) is 12.3 Å². The van der Waals surface area contributed by atoms with Crippen molar-refractivity contribution in [1.82, 2.24) is 4.98 Å². The minimum atomic E-state index is 0.463. The van der Waals surface area contributed by atoms with Crippen molar-refractivity contribution < 1.29 is 4.74 Å². The fourth-order valence-electron chi connectivity index (χ4n) is 2.03. The summed E-state index contributed by atoms with van der Waals surface area (Å²) in [5.41, 5.74) is 2.13. The Labute approximate surface area is 125 Å². The Morgan fingerprint density at radius 2 is 1.95 bits per heavy atom. The molecule has 0 amide bonds. The number of hydrogen-bond acceptors (Lipinski definition) is 4. The molecular formula is C17H21N3O. The van der Waals surface area contributed by atoms with Crippen molar-refractivity contribution in [1.29, 1.82) is 5.41 Å². The molecule has 21 heavy (non-hydrogen) atoms. The van der Waals surface area contributed by atoms with Gasteiger partial charge in [0.1, 0.15) is 11.6 Å². The van der Waals surface area contributed by atoms with E-state index in [1.165, 1.54) is 0 Å². The lowest BCUT2D eigenvalue weighted by Gasteiger charge is -2.12. The fourth-order valence-corrected chi connectivity index (χ4v) is 2.03. The minimum absolute atomic E-state index is 0.463. The van der Waals surface area contributed by atoms with Crippen molar-refractivity contribution in [3.05, 3.63) is 53.7 Å². The van der Waals surface area contributed by atoms with Crippen LogP contribution >= 0.6 is 0 Å². The Morgan fingerprint density at radius 3 is 2.62 bits per heavy atom. The Hall–Kier alpha value is -2.36. The first-order valence-corrected chi connectivity index (χ1v) is 7.27. The Kier molecular flexibility index (Phi) is 5.32. The third-order valence-electron chi connectivity index (χ3n) is 3.07. The number of nitrogens with one attached hydrogen (secondary N) is 2. The monoisotopic (exact) mass is 283 g/mol. The van der Waals surface area contributed by atoms with E-state index in [0.717, 1.165) is 35.7 Å². The summed E-state index contributed by atoms with van der Waals surface area (Å²) in [5.74, 6) is 1.59. The Balaban J connectivity index is 2.23. The largest absolute Gasteiger partial charge is 0.494 e. The second-order valence-electron chi connectivity index (χ2n) is 4.66. The van der Waals surface area contributed by atoms with E-state index in [0.29, 0.717) is 12.3 Å². The molecule has 2 rings (SSSR count). The van der Waals surface area contributed by atoms with E-state index in [1.807, 2.05) is 43.3 Å². The number of rotatable bonds is 7. The molecule has 4 heteroatoms. The molecule has 1 aromatic heterocycles. The van der Waals surface area contributed by atoms with Gasteiger partial charge in [-0.2, -0.15) is 0 Å². The van der Waals surface area contributed by atoms with Gasteiger partial charge >= 0.3 is 0 Å². The van der Waals surface area contributed by atoms with Crippen molar-refractivity contribution in [2.45, 2.75) is 20.3 Å². The van der Waals surface area contributed by atoms with Crippen molar-refractivity contribution in [2.24, 2.45) is 0 Å². The lowest BCUT2D eigenvalue weighted by molar-refractivity contribution is 0.340. The molecule has 0 unspecified atom stereocenters. The fraction of sp³-hybridized carbons (Fsp3) is 0.294. The molecule has 110 valence electrons. The van der Waals surface area contributed by atoms with E-state index in [2.05, 4.69) is 17.2 Å². The zero-order valence-electron chi connectivity index (χ0n) is 12.5. The van der Waals surface area contributed by atoms with Crippen LogP contribution in [-0.2, 0) is 0 Å². The number of hydrogen-bond donors (Lipinski definition) is 2. The lowest BCUT2D eigenvalue weighted by Crippen LogP contribution is -2.10. The first kappa shape index (κ1) is 15.0. The normalized spacial score (nSPS) is 10.2. The molecule has 4 nitrogen and oxygen atoms in total. The summed E-state index contributed by atoms with van der Waals surface area (Å²) < 4.78 is 5.43. The number of nitrogens with zero attached hydrogens (tertiary/aromatic N) is 1. The summed E-state index contributed by atoms with van der Waals surface area (Å²) in [6.45, 7) is 5.55. The van der Waals surface area contributed by atoms with E-state index in [4.69, 9.17) is 10.1 Å². The maximum atomic E-state index is 8.40. The lowest BCUT2D eigenvalue weighted by atomic mass is 10.0. The van der Waals surface area contributed by atoms with E-state index in [-0.39, 0.29) is 0 Å². The van der Waals surface area contributed by atoms with E-state index < -0.39 is 0 Å². The first-order chi connectivity index (χ1) is 10.3. The highest BCUT2D eigenvalue weighted by Gasteiger charge is 2.10. The van der Waals surface area contributed by atoms with E-state index in [9.17, 15) is 0 Å². The van der Waals surface area contributed by atoms with Gasteiger partial charge in [0.25, 0.3) is 0 Å². The summed E-state index contributed by atoms with van der Waals surface area (Å²) in [7, 11) is 0. The van der Waals surface area contributed by atoms with Crippen LogP contribution in [0.2, 0.25) is 0 Å². The molecule has 0 aliphatic heterocycles. The second kappa shape index (κ2) is 7.43. The molecular weight excluding hydrogens is 262 g/mol. The zero-order chi connectivity index (χ0) is 15.1. The molecule has 2 N–H and O–H groups in total. The van der Waals surface area contributed by atoms with Gasteiger partial charge in [0, 0.05) is 23.9 Å². The minimum Gasteiger partial charge on any atom is -0.494 e. The number of aromatic nitrogens is 1. The number of benzene rings is 1. The zero-order valence-corrected chi connectivity index (χ0v) is 12.5. The molecule has 0 atom stereocenters. The van der Waals surface area contributed by atoms with Crippen LogP contribution in [-0.4, -0.2) is 23.8 Å². The molecule has 1 heterocycles. The molecule has 0 saturated carbocycles. The molecule has 0 aliphatic carbocycles. The maximum absolute atomic E-state index is 8.40. The van der Waals surface area contributed by atoms with Crippen molar-refractivity contribution in [3.8, 4) is 5.75 Å². The van der Waals surface area contributed by atoms with Crippen molar-refractivity contribution in [2.75, 3.05) is 18.5 Å². The summed E-state index contributed by atoms with van der Waals surface area (Å²) >= 11 is 0. The molecule has 0 radical (unpaired) electrons. The van der Waals surface area contributed by atoms with Crippen LogP contribution in [0.5, 0.6) is 5.75 Å². The Morgan fingerprint density at radius 1 is 1.19 bits per heavy atom. The van der Waals surface area contributed by atoms with Gasteiger partial charge in [-0.1, -0.05) is 6.92 Å². The molecule has 0 aliphatic rings. The first-order valence-electron chi connectivity index (χ1n) is 7.27. The average molecular weight is 283 g/mol. The Bertz CT molecular complexity index is 593. The highest BCUT2D eigenvalue weighted by Crippen LogP contribution is 2.19. The van der Waals surface area contributed by atoms with Crippen LogP contribution in [0.15, 0.2) is 42.6 Å². The molecule has 2 aromatic rings. The molecule has 1 aromatic carbocycles. The van der Waals surface area contributed by atoms with Crippen LogP contribution < -0.4 is 10.1 Å². The molecule has 0 spiro atoms. The predicted molar refractivity (Wildman–Crippen MR) is 86.6 cm³/mol. The molecule has 0 bridgehead atoms. The summed E-state index contributed by atoms with van der Waals surface area (Å²) in [6, 6.07) is 11.4. The van der Waals surface area contributed by atoms with Crippen molar-refractivity contribution in [3.63, 3.8) is 0 Å². The second-order valence-corrected chi connectivity index (χ2v) is 4.66. The van der Waals surface area contributed by atoms with Gasteiger partial charge in [-0.05, 0) is 49.7 Å². The smallest absolute Gasteiger partial charge is 0.135 e. The third-order valence-corrected chi connectivity index (χ3v) is 3.07. The number of anilines is 1. The SMILES string of the molecule is CCCNc1ncccc1C(=N)c1ccc(OCC)cc1. The average Bonchev–Trinajstić information content (AvgIpc) is 2.53. The number of pyridine rings is 1. The van der Waals surface area contributed by atoms with Gasteiger partial charge < -0.3 is 10.1 Å². The third kappa shape index (κ3) is 3.81. The predicted octanol–water partition coefficient (Wildman–Crippen LogP) is 3.72. The van der Waals surface area contributed by atoms with E-state index in [1.54, 1.807) is 6.20 Å². The summed E-state index contributed by atoms with van der Waals surface area (Å²) in [5, 5.41) is 11.7. The van der Waals surface area contributed by atoms with Gasteiger partial charge in [0.2, 0.25) is 0 Å². The highest BCUT2D eigenvalue weighted by atomic mass is 16.5. The van der Waals surface area contributed by atoms with Crippen LogP contribution in [0.4, 0.5) is 5.82 Å². The van der Waals surface area contributed by atoms with Crippen LogP contribution in [0.1, 0.15) is 31.4 Å². The van der Waals surface area contributed by atoms with Gasteiger partial charge in [-0.15, -0.1) is 0 Å². The standard InChI is InChI=1S/C17H21N3O/c1-3-11-19-17-15(6-5-12-20-17)16(18)13-7-9-14(10-8-13)21-4-2/h5-10,12,18H,3-4,11H2,1-2H3,(H,19,20). The highest BCUT2D eigenvalue weighted by molar-refractivity contribution is 6.13. The van der Waals surface area contributed by atoms with Gasteiger partial charge in [-0.25, -0.2) is 4.98 Å². The molecule has 0 saturated heterocycles. The van der Waals surface area contributed by atoms with E-state index >= 15 is 0 Å².